The van der Waals surface area contributed by atoms with Crippen molar-refractivity contribution >= 4 is 5.78 Å². The zero-order valence-corrected chi connectivity index (χ0v) is 11.3. The van der Waals surface area contributed by atoms with Crippen LogP contribution in [0.4, 0.5) is 0 Å². The van der Waals surface area contributed by atoms with Gasteiger partial charge in [-0.25, -0.2) is 0 Å². The fourth-order valence-electron chi connectivity index (χ4n) is 2.15. The van der Waals surface area contributed by atoms with Crippen LogP contribution in [0.3, 0.4) is 0 Å². The van der Waals surface area contributed by atoms with Crippen LogP contribution in [0.25, 0.3) is 0 Å². The van der Waals surface area contributed by atoms with Crippen molar-refractivity contribution in [3.8, 4) is 11.5 Å². The van der Waals surface area contributed by atoms with Gasteiger partial charge in [-0.3, -0.25) is 4.79 Å². The highest BCUT2D eigenvalue weighted by molar-refractivity contribution is 5.99. The normalized spacial score (nSPS) is 11.5. The first-order chi connectivity index (χ1) is 8.48. The maximum atomic E-state index is 12.2. The maximum Gasteiger partial charge on any atom is 0.220 e. The van der Waals surface area contributed by atoms with E-state index in [0.717, 1.165) is 19.6 Å². The molecule has 0 fully saturated rings. The van der Waals surface area contributed by atoms with Gasteiger partial charge in [-0.05, 0) is 32.9 Å². The molecule has 1 aromatic carbocycles. The Morgan fingerprint density at radius 1 is 1.11 bits per heavy atom. The second-order valence-electron chi connectivity index (χ2n) is 4.57. The number of carbonyl (C=O) groups excluding carboxylic acids is 1. The molecule has 0 atom stereocenters. The van der Waals surface area contributed by atoms with E-state index in [1.54, 1.807) is 0 Å². The summed E-state index contributed by atoms with van der Waals surface area (Å²) in [6.45, 7) is 9.24. The van der Waals surface area contributed by atoms with Crippen LogP contribution in [-0.4, -0.2) is 46.7 Å². The minimum atomic E-state index is -0.151. The van der Waals surface area contributed by atoms with Gasteiger partial charge in [0, 0.05) is 6.07 Å². The predicted molar refractivity (Wildman–Crippen MR) is 70.9 cm³/mol. The molecule has 0 aromatic heterocycles. The van der Waals surface area contributed by atoms with Crippen molar-refractivity contribution in [1.82, 2.24) is 0 Å². The number of aromatic hydroxyl groups is 2. The van der Waals surface area contributed by atoms with Crippen molar-refractivity contribution in [2.45, 2.75) is 20.8 Å². The van der Waals surface area contributed by atoms with Gasteiger partial charge in [0.25, 0.3) is 0 Å². The van der Waals surface area contributed by atoms with Gasteiger partial charge in [-0.1, -0.05) is 0 Å². The Balaban J connectivity index is 2.94. The third-order valence-electron chi connectivity index (χ3n) is 3.77. The minimum absolute atomic E-state index is 0.0359. The van der Waals surface area contributed by atoms with Gasteiger partial charge < -0.3 is 14.7 Å². The number of carbonyl (C=O) groups is 1. The summed E-state index contributed by atoms with van der Waals surface area (Å²) in [5.41, 5.74) is 0.283. The van der Waals surface area contributed by atoms with E-state index in [9.17, 15) is 15.0 Å². The molecule has 0 aliphatic rings. The molecule has 0 saturated heterocycles. The molecular weight excluding hydrogens is 230 g/mol. The molecule has 4 nitrogen and oxygen atoms in total. The van der Waals surface area contributed by atoms with Crippen molar-refractivity contribution in [2.75, 3.05) is 26.2 Å². The predicted octanol–water partition coefficient (Wildman–Crippen LogP) is 2.16. The Bertz CT molecular complexity index is 417. The second-order valence-corrected chi connectivity index (χ2v) is 4.57. The van der Waals surface area contributed by atoms with Crippen LogP contribution in [0, 0.1) is 0 Å². The summed E-state index contributed by atoms with van der Waals surface area (Å²) in [6, 6.07) is 4.10. The van der Waals surface area contributed by atoms with Crippen LogP contribution < -0.4 is 0 Å². The molecule has 0 saturated carbocycles. The van der Waals surface area contributed by atoms with Crippen LogP contribution >= 0.6 is 0 Å². The summed E-state index contributed by atoms with van der Waals surface area (Å²) in [5, 5.41) is 18.9. The largest absolute Gasteiger partial charge is 0.508 e. The summed E-state index contributed by atoms with van der Waals surface area (Å²) in [7, 11) is 0. The lowest BCUT2D eigenvalue weighted by atomic mass is 10.1. The second kappa shape index (κ2) is 5.87. The van der Waals surface area contributed by atoms with Crippen LogP contribution in [0.1, 0.15) is 31.1 Å². The van der Waals surface area contributed by atoms with Crippen LogP contribution in [0.2, 0.25) is 0 Å². The number of benzene rings is 1. The fourth-order valence-corrected chi connectivity index (χ4v) is 2.15. The highest BCUT2D eigenvalue weighted by Crippen LogP contribution is 2.24. The highest BCUT2D eigenvalue weighted by atomic mass is 16.3. The monoisotopic (exact) mass is 252 g/mol. The van der Waals surface area contributed by atoms with Gasteiger partial charge in [0.15, 0.2) is 0 Å². The van der Waals surface area contributed by atoms with E-state index >= 15 is 0 Å². The number of hydrogen-bond donors (Lipinski definition) is 2. The van der Waals surface area contributed by atoms with Crippen LogP contribution in [-0.2, 0) is 0 Å². The summed E-state index contributed by atoms with van der Waals surface area (Å²) in [6.07, 6.45) is 0. The first kappa shape index (κ1) is 14.5. The summed E-state index contributed by atoms with van der Waals surface area (Å²) < 4.78 is 0.707. The lowest BCUT2D eigenvalue weighted by Crippen LogP contribution is -2.50. The molecule has 0 spiro atoms. The lowest BCUT2D eigenvalue weighted by molar-refractivity contribution is -0.915. The summed E-state index contributed by atoms with van der Waals surface area (Å²) in [4.78, 5) is 12.2. The van der Waals surface area contributed by atoms with Crippen molar-refractivity contribution < 1.29 is 19.5 Å². The maximum absolute atomic E-state index is 12.2. The summed E-state index contributed by atoms with van der Waals surface area (Å²) in [5.74, 6) is -0.272. The molecule has 4 heteroatoms. The molecule has 0 unspecified atom stereocenters. The minimum Gasteiger partial charge on any atom is -0.508 e. The van der Waals surface area contributed by atoms with Gasteiger partial charge in [-0.2, -0.15) is 0 Å². The Morgan fingerprint density at radius 2 is 1.67 bits per heavy atom. The Kier molecular flexibility index (Phi) is 4.73. The van der Waals surface area contributed by atoms with E-state index in [4.69, 9.17) is 0 Å². The van der Waals surface area contributed by atoms with Gasteiger partial charge >= 0.3 is 0 Å². The molecule has 18 heavy (non-hydrogen) atoms. The van der Waals surface area contributed by atoms with Gasteiger partial charge in [0.2, 0.25) is 5.78 Å². The van der Waals surface area contributed by atoms with Crippen molar-refractivity contribution in [1.29, 1.82) is 0 Å². The zero-order valence-electron chi connectivity index (χ0n) is 11.3. The third kappa shape index (κ3) is 3.01. The van der Waals surface area contributed by atoms with E-state index in [1.807, 2.05) is 0 Å². The fraction of sp³-hybridized carbons (Fsp3) is 0.500. The number of phenols is 2. The van der Waals surface area contributed by atoms with E-state index in [2.05, 4.69) is 20.8 Å². The molecular formula is C14H22NO3+. The highest BCUT2D eigenvalue weighted by Gasteiger charge is 2.26. The van der Waals surface area contributed by atoms with E-state index in [-0.39, 0.29) is 22.8 Å². The molecule has 0 heterocycles. The Labute approximate surface area is 108 Å². The molecule has 2 N–H and O–H groups in total. The quantitative estimate of drug-likeness (QED) is 0.602. The number of ketones is 1. The van der Waals surface area contributed by atoms with Gasteiger partial charge in [-0.15, -0.1) is 0 Å². The molecule has 100 valence electrons. The van der Waals surface area contributed by atoms with Crippen molar-refractivity contribution in [2.24, 2.45) is 0 Å². The van der Waals surface area contributed by atoms with E-state index in [0.29, 0.717) is 11.0 Å². The molecule has 0 amide bonds. The number of quaternary nitrogens is 1. The molecule has 1 aromatic rings. The molecule has 0 bridgehead atoms. The molecule has 1 rings (SSSR count). The zero-order chi connectivity index (χ0) is 13.8. The van der Waals surface area contributed by atoms with Crippen LogP contribution in [0.5, 0.6) is 11.5 Å². The van der Waals surface area contributed by atoms with Gasteiger partial charge in [0.1, 0.15) is 18.0 Å². The Morgan fingerprint density at radius 3 is 2.11 bits per heavy atom. The third-order valence-corrected chi connectivity index (χ3v) is 3.77. The summed E-state index contributed by atoms with van der Waals surface area (Å²) >= 11 is 0. The first-order valence-electron chi connectivity index (χ1n) is 6.38. The topological polar surface area (TPSA) is 57.5 Å². The smallest absolute Gasteiger partial charge is 0.220 e. The van der Waals surface area contributed by atoms with E-state index in [1.165, 1.54) is 18.2 Å². The number of likely N-dealkylation sites (N-methyl/N-ethyl adjacent to an activating group) is 1. The Hall–Kier alpha value is -1.55. The molecule has 0 radical (unpaired) electrons. The van der Waals surface area contributed by atoms with Gasteiger partial charge in [0.05, 0.1) is 25.2 Å². The number of phenolic OH excluding ortho intramolecular Hbond substituents is 2. The lowest BCUT2D eigenvalue weighted by Gasteiger charge is -2.35. The van der Waals surface area contributed by atoms with Crippen LogP contribution in [0.15, 0.2) is 18.2 Å². The number of nitrogens with zero attached hydrogens (tertiary/aromatic N) is 1. The van der Waals surface area contributed by atoms with E-state index < -0.39 is 0 Å². The average Bonchev–Trinajstić information content (AvgIpc) is 2.36. The van der Waals surface area contributed by atoms with Crippen molar-refractivity contribution in [3.63, 3.8) is 0 Å². The molecule has 0 aliphatic carbocycles. The number of rotatable bonds is 6. The standard InChI is InChI=1S/C14H21NO3/c1-4-15(5-2,6-3)10-14(18)12-8-7-11(16)9-13(12)17/h7-9H,4-6,10H2,1-3H3,(H-,16,17,18)/p+1. The molecule has 0 aliphatic heterocycles. The number of Topliss-reactive ketones (excluding diaryl/α,β-unsaturated/α-hetero) is 1. The first-order valence-corrected chi connectivity index (χ1v) is 6.38. The van der Waals surface area contributed by atoms with Crippen molar-refractivity contribution in [3.05, 3.63) is 23.8 Å². The average molecular weight is 252 g/mol. The SMILES string of the molecule is CC[N+](CC)(CC)CC(=O)c1ccc(O)cc1O. The number of hydrogen-bond acceptors (Lipinski definition) is 3.